The Bertz CT molecular complexity index is 1550. The number of rotatable bonds is 6. The van der Waals surface area contributed by atoms with Crippen LogP contribution in [0.4, 0.5) is 4.39 Å². The average molecular weight is 518 g/mol. The van der Waals surface area contributed by atoms with Crippen LogP contribution in [0.25, 0.3) is 32.8 Å². The third-order valence-electron chi connectivity index (χ3n) is 6.83. The summed E-state index contributed by atoms with van der Waals surface area (Å²) < 4.78 is 33.4. The number of benzene rings is 3. The van der Waals surface area contributed by atoms with Gasteiger partial charge in [-0.2, -0.15) is 0 Å². The number of nitrogens with zero attached hydrogens (tertiary/aromatic N) is 1. The van der Waals surface area contributed by atoms with Crippen molar-refractivity contribution in [1.82, 2.24) is 4.98 Å². The second kappa shape index (κ2) is 9.97. The van der Waals surface area contributed by atoms with Gasteiger partial charge in [-0.3, -0.25) is 4.98 Å². The van der Waals surface area contributed by atoms with Crippen molar-refractivity contribution in [2.75, 3.05) is 13.2 Å². The van der Waals surface area contributed by atoms with E-state index in [0.717, 1.165) is 28.7 Å². The van der Waals surface area contributed by atoms with E-state index in [-0.39, 0.29) is 12.2 Å². The fraction of sp³-hybridized carbons (Fsp3) is 0.355. The molecule has 38 heavy (non-hydrogen) atoms. The van der Waals surface area contributed by atoms with Crippen LogP contribution in [0, 0.1) is 12.7 Å². The minimum absolute atomic E-state index is 0.194. The van der Waals surface area contributed by atoms with Gasteiger partial charge < -0.3 is 19.3 Å². The maximum atomic E-state index is 15.6. The Balaban J connectivity index is 1.92. The number of aryl methyl sites for hydroxylation is 1. The largest absolute Gasteiger partial charge is 0.493 e. The van der Waals surface area contributed by atoms with Gasteiger partial charge in [-0.05, 0) is 81.0 Å². The van der Waals surface area contributed by atoms with Crippen LogP contribution in [0.2, 0.25) is 0 Å². The first-order valence-electron chi connectivity index (χ1n) is 12.9. The number of carbonyl (C=O) groups is 1. The number of esters is 1. The molecule has 7 heteroatoms. The minimum Gasteiger partial charge on any atom is -0.493 e. The molecule has 1 aliphatic rings. The van der Waals surface area contributed by atoms with E-state index in [1.54, 1.807) is 31.3 Å². The molecule has 0 saturated carbocycles. The Hall–Kier alpha value is -3.55. The third kappa shape index (κ3) is 4.50. The number of ether oxygens (including phenoxy) is 3. The molecule has 0 unspecified atom stereocenters. The van der Waals surface area contributed by atoms with Crippen molar-refractivity contribution >= 4 is 27.6 Å². The van der Waals surface area contributed by atoms with Gasteiger partial charge in [0.05, 0.1) is 30.9 Å². The smallest absolute Gasteiger partial charge is 0.339 e. The molecule has 1 aromatic heterocycles. The molecule has 0 bridgehead atoms. The summed E-state index contributed by atoms with van der Waals surface area (Å²) in [5.41, 5.74) is 4.01. The van der Waals surface area contributed by atoms with Crippen LogP contribution in [-0.2, 0) is 27.3 Å². The third-order valence-corrected chi connectivity index (χ3v) is 6.83. The summed E-state index contributed by atoms with van der Waals surface area (Å²) in [6.07, 6.45) is 1.47. The van der Waals surface area contributed by atoms with E-state index in [1.807, 2.05) is 45.9 Å². The molecular weight excluding hydrogens is 485 g/mol. The maximum absolute atomic E-state index is 15.6. The van der Waals surface area contributed by atoms with Crippen LogP contribution in [0.5, 0.6) is 5.75 Å². The molecule has 0 spiro atoms. The minimum atomic E-state index is -1.06. The van der Waals surface area contributed by atoms with Crippen LogP contribution in [0.3, 0.4) is 0 Å². The monoisotopic (exact) mass is 517 g/mol. The topological polar surface area (TPSA) is 77.9 Å². The molecule has 6 nitrogen and oxygen atoms in total. The number of hydrogen-bond acceptors (Lipinski definition) is 6. The molecule has 5 rings (SSSR count). The lowest BCUT2D eigenvalue weighted by Gasteiger charge is -2.30. The van der Waals surface area contributed by atoms with Crippen LogP contribution in [0.1, 0.15) is 56.1 Å². The lowest BCUT2D eigenvalue weighted by molar-refractivity contribution is -0.166. The summed E-state index contributed by atoms with van der Waals surface area (Å²) in [7, 11) is 0. The van der Waals surface area contributed by atoms with Gasteiger partial charge in [-0.1, -0.05) is 12.1 Å². The van der Waals surface area contributed by atoms with Crippen molar-refractivity contribution in [2.45, 2.75) is 59.4 Å². The van der Waals surface area contributed by atoms with E-state index in [0.29, 0.717) is 39.6 Å². The SMILES string of the molecule is CCOC(=O)[C@@H](OC(C)(C)C)c1c(C)cc2c(F)c(CO)ccc2c1-c1ccc2c3c(ccnc13)CCO2. The summed E-state index contributed by atoms with van der Waals surface area (Å²) in [6.45, 7) is 9.59. The molecule has 2 heterocycles. The molecule has 0 fully saturated rings. The van der Waals surface area contributed by atoms with Crippen LogP contribution in [0.15, 0.2) is 42.6 Å². The molecule has 3 aromatic carbocycles. The highest BCUT2D eigenvalue weighted by molar-refractivity contribution is 6.09. The van der Waals surface area contributed by atoms with Crippen LogP contribution >= 0.6 is 0 Å². The number of aromatic nitrogens is 1. The fourth-order valence-corrected chi connectivity index (χ4v) is 5.28. The van der Waals surface area contributed by atoms with E-state index in [9.17, 15) is 9.90 Å². The summed E-state index contributed by atoms with van der Waals surface area (Å²) in [4.78, 5) is 18.1. The number of halogens is 1. The number of aliphatic hydroxyl groups excluding tert-OH is 1. The van der Waals surface area contributed by atoms with Crippen molar-refractivity contribution < 1.29 is 28.5 Å². The van der Waals surface area contributed by atoms with Gasteiger partial charge in [0.1, 0.15) is 11.6 Å². The second-order valence-electron chi connectivity index (χ2n) is 10.5. The van der Waals surface area contributed by atoms with Crippen molar-refractivity contribution in [2.24, 2.45) is 0 Å². The zero-order valence-electron chi connectivity index (χ0n) is 22.4. The van der Waals surface area contributed by atoms with E-state index in [4.69, 9.17) is 19.2 Å². The number of hydrogen-bond donors (Lipinski definition) is 1. The first-order chi connectivity index (χ1) is 18.1. The van der Waals surface area contributed by atoms with Gasteiger partial charge >= 0.3 is 5.97 Å². The van der Waals surface area contributed by atoms with Gasteiger partial charge in [0, 0.05) is 40.1 Å². The predicted octanol–water partition coefficient (Wildman–Crippen LogP) is 6.35. The summed E-state index contributed by atoms with van der Waals surface area (Å²) in [5.74, 6) is -0.264. The van der Waals surface area contributed by atoms with Crippen molar-refractivity contribution in [1.29, 1.82) is 0 Å². The van der Waals surface area contributed by atoms with Gasteiger partial charge in [0.15, 0.2) is 6.10 Å². The van der Waals surface area contributed by atoms with Crippen molar-refractivity contribution in [3.05, 3.63) is 70.7 Å². The normalized spacial score (nSPS) is 14.0. The van der Waals surface area contributed by atoms with Gasteiger partial charge in [-0.25, -0.2) is 9.18 Å². The average Bonchev–Trinajstić information content (AvgIpc) is 2.88. The summed E-state index contributed by atoms with van der Waals surface area (Å²) in [6, 6.07) is 10.9. The standard InChI is InChI=1S/C31H32FNO5/c1-6-36-30(35)29(38-31(3,4)5)24-17(2)15-22-20(8-7-19(16-34)27(22)32)26(24)21-9-10-23-25-18(12-14-37-23)11-13-33-28(21)25/h7-11,13,15,29,34H,6,12,14,16H2,1-5H3/t29-/m0/s1. The first kappa shape index (κ1) is 26.1. The number of carbonyl (C=O) groups excluding carboxylic acids is 1. The zero-order chi connectivity index (χ0) is 27.2. The molecule has 198 valence electrons. The highest BCUT2D eigenvalue weighted by Gasteiger charge is 2.34. The Labute approximate surface area is 221 Å². The fourth-order valence-electron chi connectivity index (χ4n) is 5.28. The van der Waals surface area contributed by atoms with Gasteiger partial charge in [0.25, 0.3) is 0 Å². The Morgan fingerprint density at radius 1 is 1.18 bits per heavy atom. The van der Waals surface area contributed by atoms with Crippen LogP contribution < -0.4 is 4.74 Å². The van der Waals surface area contributed by atoms with Gasteiger partial charge in [-0.15, -0.1) is 0 Å². The van der Waals surface area contributed by atoms with Crippen molar-refractivity contribution in [3.63, 3.8) is 0 Å². The Morgan fingerprint density at radius 3 is 2.68 bits per heavy atom. The summed E-state index contributed by atoms with van der Waals surface area (Å²) >= 11 is 0. The van der Waals surface area contributed by atoms with E-state index in [1.165, 1.54) is 0 Å². The number of aliphatic hydroxyl groups is 1. The quantitative estimate of drug-likeness (QED) is 0.300. The maximum Gasteiger partial charge on any atom is 0.339 e. The molecule has 1 N–H and O–H groups in total. The lowest BCUT2D eigenvalue weighted by Crippen LogP contribution is -2.29. The molecular formula is C31H32FNO5. The van der Waals surface area contributed by atoms with E-state index < -0.39 is 30.1 Å². The Morgan fingerprint density at radius 2 is 1.97 bits per heavy atom. The lowest BCUT2D eigenvalue weighted by atomic mass is 9.85. The molecule has 4 aromatic rings. The zero-order valence-corrected chi connectivity index (χ0v) is 22.4. The van der Waals surface area contributed by atoms with Crippen LogP contribution in [-0.4, -0.2) is 34.9 Å². The first-order valence-corrected chi connectivity index (χ1v) is 12.9. The van der Waals surface area contributed by atoms with Gasteiger partial charge in [0.2, 0.25) is 0 Å². The number of pyridine rings is 1. The highest BCUT2D eigenvalue weighted by atomic mass is 19.1. The molecule has 0 radical (unpaired) electrons. The molecule has 0 aliphatic carbocycles. The predicted molar refractivity (Wildman–Crippen MR) is 145 cm³/mol. The molecule has 0 amide bonds. The number of fused-ring (bicyclic) bond motifs is 1. The van der Waals surface area contributed by atoms with E-state index in [2.05, 4.69) is 0 Å². The molecule has 1 aliphatic heterocycles. The molecule has 1 atom stereocenters. The van der Waals surface area contributed by atoms with E-state index >= 15 is 4.39 Å². The highest BCUT2D eigenvalue weighted by Crippen LogP contribution is 2.45. The molecule has 0 saturated heterocycles. The summed E-state index contributed by atoms with van der Waals surface area (Å²) in [5, 5.41) is 11.6. The second-order valence-corrected chi connectivity index (χ2v) is 10.5. The Kier molecular flexibility index (Phi) is 6.84. The van der Waals surface area contributed by atoms with Crippen molar-refractivity contribution in [3.8, 4) is 16.9 Å².